The number of hydrogen-bond donors (Lipinski definition) is 2. The first-order valence-corrected chi connectivity index (χ1v) is 9.10. The van der Waals surface area contributed by atoms with Crippen LogP contribution < -0.4 is 21.9 Å². The van der Waals surface area contributed by atoms with Gasteiger partial charge in [0.15, 0.2) is 5.69 Å². The maximum absolute atomic E-state index is 13.2. The van der Waals surface area contributed by atoms with Crippen molar-refractivity contribution < 1.29 is 4.79 Å². The van der Waals surface area contributed by atoms with Gasteiger partial charge in [0, 0.05) is 18.7 Å². The molecule has 148 valence electrons. The van der Waals surface area contributed by atoms with E-state index in [-0.39, 0.29) is 35.4 Å². The molecule has 1 heterocycles. The number of nitriles is 1. The van der Waals surface area contributed by atoms with Crippen LogP contribution in [-0.4, -0.2) is 22.0 Å². The molecule has 0 fully saturated rings. The number of nitrogens with zero attached hydrogens (tertiary/aromatic N) is 3. The summed E-state index contributed by atoms with van der Waals surface area (Å²) in [5.41, 5.74) is 5.40. The summed E-state index contributed by atoms with van der Waals surface area (Å²) in [7, 11) is 0. The number of rotatable bonds is 6. The maximum atomic E-state index is 13.2. The lowest BCUT2D eigenvalue weighted by Crippen LogP contribution is -2.43. The van der Waals surface area contributed by atoms with Crippen molar-refractivity contribution in [1.82, 2.24) is 9.55 Å². The van der Waals surface area contributed by atoms with Crippen LogP contribution in [0.2, 0.25) is 0 Å². The van der Waals surface area contributed by atoms with E-state index in [9.17, 15) is 14.4 Å². The van der Waals surface area contributed by atoms with Crippen LogP contribution in [0.5, 0.6) is 0 Å². The van der Waals surface area contributed by atoms with Gasteiger partial charge in [0.25, 0.3) is 11.5 Å². The van der Waals surface area contributed by atoms with Gasteiger partial charge in [-0.05, 0) is 30.0 Å². The van der Waals surface area contributed by atoms with E-state index in [1.54, 1.807) is 18.2 Å². The minimum atomic E-state index is -0.715. The van der Waals surface area contributed by atoms with Crippen molar-refractivity contribution in [3.63, 3.8) is 0 Å². The van der Waals surface area contributed by atoms with Crippen molar-refractivity contribution in [3.8, 4) is 6.07 Å². The van der Waals surface area contributed by atoms with Gasteiger partial charge in [-0.25, -0.2) is 4.79 Å². The number of aromatic amines is 1. The zero-order chi connectivity index (χ0) is 21.0. The molecule has 2 aromatic rings. The Labute approximate surface area is 163 Å². The molecule has 0 saturated heterocycles. The molecule has 1 aromatic carbocycles. The van der Waals surface area contributed by atoms with Gasteiger partial charge in [0.1, 0.15) is 5.82 Å². The first-order chi connectivity index (χ1) is 13.1. The second-order valence-electron chi connectivity index (χ2n) is 7.50. The molecule has 0 bridgehead atoms. The predicted octanol–water partition coefficient (Wildman–Crippen LogP) is 1.95. The van der Waals surface area contributed by atoms with Crippen molar-refractivity contribution in [2.75, 3.05) is 17.2 Å². The topological polar surface area (TPSA) is 125 Å². The van der Waals surface area contributed by atoms with Crippen molar-refractivity contribution in [2.45, 2.75) is 34.2 Å². The van der Waals surface area contributed by atoms with Crippen LogP contribution in [0.15, 0.2) is 33.9 Å². The van der Waals surface area contributed by atoms with E-state index in [1.165, 1.54) is 15.5 Å². The monoisotopic (exact) mass is 383 g/mol. The summed E-state index contributed by atoms with van der Waals surface area (Å²) in [5.74, 6) is -0.363. The van der Waals surface area contributed by atoms with Crippen LogP contribution in [0.1, 0.15) is 43.6 Å². The molecule has 0 aliphatic heterocycles. The number of hydrogen-bond acceptors (Lipinski definition) is 5. The summed E-state index contributed by atoms with van der Waals surface area (Å²) < 4.78 is 1.27. The average molecular weight is 383 g/mol. The SMILES string of the molecule is CC(C)CN(C(=O)c1cccc(C#N)c1)c1c(N)n(CC(C)C)c(=O)[nH]c1=O. The Morgan fingerprint density at radius 3 is 2.50 bits per heavy atom. The van der Waals surface area contributed by atoms with Gasteiger partial charge < -0.3 is 10.6 Å². The highest BCUT2D eigenvalue weighted by Gasteiger charge is 2.26. The van der Waals surface area contributed by atoms with Gasteiger partial charge in [0.2, 0.25) is 0 Å². The molecule has 0 saturated carbocycles. The zero-order valence-corrected chi connectivity index (χ0v) is 16.5. The number of anilines is 2. The van der Waals surface area contributed by atoms with Gasteiger partial charge >= 0.3 is 5.69 Å². The number of aromatic nitrogens is 2. The lowest BCUT2D eigenvalue weighted by molar-refractivity contribution is 0.0983. The summed E-state index contributed by atoms with van der Waals surface area (Å²) in [5, 5.41) is 9.10. The molecule has 0 atom stereocenters. The van der Waals surface area contributed by atoms with E-state index < -0.39 is 17.2 Å². The van der Waals surface area contributed by atoms with Crippen LogP contribution in [0.4, 0.5) is 11.5 Å². The second-order valence-corrected chi connectivity index (χ2v) is 7.50. The largest absolute Gasteiger partial charge is 0.383 e. The van der Waals surface area contributed by atoms with E-state index >= 15 is 0 Å². The van der Waals surface area contributed by atoms with Crippen LogP contribution in [0, 0.1) is 23.2 Å². The predicted molar refractivity (Wildman–Crippen MR) is 108 cm³/mol. The smallest absolute Gasteiger partial charge is 0.330 e. The molecule has 3 N–H and O–H groups in total. The minimum absolute atomic E-state index is 0.0346. The van der Waals surface area contributed by atoms with Crippen LogP contribution in [0.25, 0.3) is 0 Å². The Morgan fingerprint density at radius 1 is 1.25 bits per heavy atom. The maximum Gasteiger partial charge on any atom is 0.330 e. The molecule has 0 radical (unpaired) electrons. The molecule has 8 nitrogen and oxygen atoms in total. The number of H-pyrrole nitrogens is 1. The van der Waals surface area contributed by atoms with Crippen LogP contribution in [0.3, 0.4) is 0 Å². The molecule has 0 aliphatic carbocycles. The normalized spacial score (nSPS) is 10.9. The number of nitrogens with one attached hydrogen (secondary N) is 1. The number of benzene rings is 1. The molecule has 28 heavy (non-hydrogen) atoms. The van der Waals surface area contributed by atoms with Crippen molar-refractivity contribution in [1.29, 1.82) is 5.26 Å². The molecule has 2 rings (SSSR count). The van der Waals surface area contributed by atoms with Gasteiger partial charge in [-0.3, -0.25) is 19.1 Å². The molecule has 0 spiro atoms. The third kappa shape index (κ3) is 4.49. The minimum Gasteiger partial charge on any atom is -0.383 e. The number of nitrogen functional groups attached to an aromatic ring is 1. The zero-order valence-electron chi connectivity index (χ0n) is 16.5. The van der Waals surface area contributed by atoms with E-state index in [0.717, 1.165) is 0 Å². The van der Waals surface area contributed by atoms with Crippen LogP contribution in [-0.2, 0) is 6.54 Å². The Hall–Kier alpha value is -3.34. The highest BCUT2D eigenvalue weighted by molar-refractivity contribution is 6.07. The van der Waals surface area contributed by atoms with Crippen molar-refractivity contribution >= 4 is 17.4 Å². The molecule has 1 aromatic heterocycles. The molecule has 0 unspecified atom stereocenters. The number of nitrogens with two attached hydrogens (primary N) is 1. The Balaban J connectivity index is 2.66. The van der Waals surface area contributed by atoms with Gasteiger partial charge in [-0.2, -0.15) is 5.26 Å². The fraction of sp³-hybridized carbons (Fsp3) is 0.400. The number of carbonyl (C=O) groups is 1. The van der Waals surface area contributed by atoms with Gasteiger partial charge in [-0.1, -0.05) is 33.8 Å². The van der Waals surface area contributed by atoms with E-state index in [2.05, 4.69) is 4.98 Å². The fourth-order valence-electron chi connectivity index (χ4n) is 2.90. The second kappa shape index (κ2) is 8.57. The summed E-state index contributed by atoms with van der Waals surface area (Å²) in [6.07, 6.45) is 0. The third-order valence-corrected chi connectivity index (χ3v) is 4.06. The summed E-state index contributed by atoms with van der Waals surface area (Å²) in [4.78, 5) is 41.5. The molecular formula is C20H25N5O3. The third-order valence-electron chi connectivity index (χ3n) is 4.06. The summed E-state index contributed by atoms with van der Waals surface area (Å²) >= 11 is 0. The molecule has 0 aliphatic rings. The van der Waals surface area contributed by atoms with E-state index in [4.69, 9.17) is 11.0 Å². The standard InChI is InChI=1S/C20H25N5O3/c1-12(2)10-24(19(27)15-7-5-6-14(8-15)9-21)16-17(22)25(11-13(3)4)20(28)23-18(16)26/h5-8,12-13H,10-11,22H2,1-4H3,(H,23,26,28). The summed E-state index contributed by atoms with van der Waals surface area (Å²) in [6.45, 7) is 8.17. The lowest BCUT2D eigenvalue weighted by atomic mass is 10.1. The number of amides is 1. The molecular weight excluding hydrogens is 358 g/mol. The summed E-state index contributed by atoms with van der Waals surface area (Å²) in [6, 6.07) is 8.23. The highest BCUT2D eigenvalue weighted by Crippen LogP contribution is 2.22. The van der Waals surface area contributed by atoms with Crippen molar-refractivity contribution in [3.05, 3.63) is 56.2 Å². The van der Waals surface area contributed by atoms with E-state index in [0.29, 0.717) is 12.1 Å². The van der Waals surface area contributed by atoms with E-state index in [1.807, 2.05) is 33.8 Å². The Bertz CT molecular complexity index is 1030. The molecule has 1 amide bonds. The fourth-order valence-corrected chi connectivity index (χ4v) is 2.90. The molecule has 8 heteroatoms. The first-order valence-electron chi connectivity index (χ1n) is 9.10. The van der Waals surface area contributed by atoms with Gasteiger partial charge in [-0.15, -0.1) is 0 Å². The average Bonchev–Trinajstić information content (AvgIpc) is 2.63. The van der Waals surface area contributed by atoms with Gasteiger partial charge in [0.05, 0.1) is 11.6 Å². The highest BCUT2D eigenvalue weighted by atomic mass is 16.2. The Kier molecular flexibility index (Phi) is 6.41. The lowest BCUT2D eigenvalue weighted by Gasteiger charge is -2.26. The van der Waals surface area contributed by atoms with Crippen molar-refractivity contribution in [2.24, 2.45) is 11.8 Å². The quantitative estimate of drug-likeness (QED) is 0.789. The Morgan fingerprint density at radius 2 is 1.93 bits per heavy atom. The first kappa shape index (κ1) is 21.0. The van der Waals surface area contributed by atoms with Crippen LogP contribution >= 0.6 is 0 Å². The number of carbonyl (C=O) groups excluding carboxylic acids is 1.